The zero-order valence-corrected chi connectivity index (χ0v) is 17.8. The van der Waals surface area contributed by atoms with Crippen LogP contribution in [0.25, 0.3) is 10.9 Å². The van der Waals surface area contributed by atoms with Gasteiger partial charge >= 0.3 is 0 Å². The molecule has 1 spiro atoms. The molecule has 2 aliphatic heterocycles. The summed E-state index contributed by atoms with van der Waals surface area (Å²) in [6.45, 7) is 5.99. The highest BCUT2D eigenvalue weighted by Crippen LogP contribution is 2.44. The summed E-state index contributed by atoms with van der Waals surface area (Å²) in [6, 6.07) is 8.66. The van der Waals surface area contributed by atoms with Gasteiger partial charge in [-0.25, -0.2) is 4.98 Å². The predicted molar refractivity (Wildman–Crippen MR) is 121 cm³/mol. The molecule has 0 unspecified atom stereocenters. The first-order chi connectivity index (χ1) is 15.2. The van der Waals surface area contributed by atoms with Gasteiger partial charge in [-0.3, -0.25) is 14.7 Å². The molecule has 4 heterocycles. The summed E-state index contributed by atoms with van der Waals surface area (Å²) in [5.41, 5.74) is 4.71. The van der Waals surface area contributed by atoms with Gasteiger partial charge in [-0.15, -0.1) is 0 Å². The molecule has 1 aromatic carbocycles. The molecule has 7 nitrogen and oxygen atoms in total. The van der Waals surface area contributed by atoms with Crippen molar-refractivity contribution in [1.29, 1.82) is 0 Å². The van der Waals surface area contributed by atoms with Crippen LogP contribution < -0.4 is 10.5 Å². The third-order valence-corrected chi connectivity index (χ3v) is 7.55. The molecule has 2 saturated heterocycles. The Morgan fingerprint density at radius 3 is 2.74 bits per heavy atom. The number of H-pyrrole nitrogens is 2. The number of aromatic nitrogens is 3. The summed E-state index contributed by atoms with van der Waals surface area (Å²) in [5.74, 6) is 0.731. The normalized spacial score (nSPS) is 21.1. The Kier molecular flexibility index (Phi) is 4.61. The van der Waals surface area contributed by atoms with E-state index < -0.39 is 0 Å². The number of morpholine rings is 1. The number of nitrogens with zero attached hydrogens (tertiary/aromatic N) is 3. The lowest BCUT2D eigenvalue weighted by Crippen LogP contribution is -2.43. The minimum atomic E-state index is 0.0551. The average molecular weight is 420 g/mol. The van der Waals surface area contributed by atoms with Gasteiger partial charge in [0.05, 0.1) is 18.9 Å². The Morgan fingerprint density at radius 2 is 1.90 bits per heavy atom. The maximum atomic E-state index is 12.8. The Labute approximate surface area is 181 Å². The van der Waals surface area contributed by atoms with Gasteiger partial charge in [0.15, 0.2) is 0 Å². The molecule has 0 amide bonds. The molecule has 3 aromatic rings. The largest absolute Gasteiger partial charge is 0.378 e. The van der Waals surface area contributed by atoms with Crippen LogP contribution in [0.4, 0.5) is 5.95 Å². The van der Waals surface area contributed by atoms with Crippen molar-refractivity contribution in [3.05, 3.63) is 57.6 Å². The van der Waals surface area contributed by atoms with Gasteiger partial charge in [0.25, 0.3) is 5.56 Å². The third-order valence-electron chi connectivity index (χ3n) is 7.55. The average Bonchev–Trinajstić information content (AvgIpc) is 3.43. The molecule has 31 heavy (non-hydrogen) atoms. The van der Waals surface area contributed by atoms with Crippen LogP contribution >= 0.6 is 0 Å². The number of hydrogen-bond acceptors (Lipinski definition) is 5. The van der Waals surface area contributed by atoms with Crippen molar-refractivity contribution in [2.45, 2.75) is 37.6 Å². The van der Waals surface area contributed by atoms with Crippen molar-refractivity contribution < 1.29 is 4.74 Å². The Bertz CT molecular complexity index is 1150. The van der Waals surface area contributed by atoms with Gasteiger partial charge in [-0.2, -0.15) is 0 Å². The van der Waals surface area contributed by atoms with Gasteiger partial charge in [-0.05, 0) is 55.8 Å². The first kappa shape index (κ1) is 19.1. The molecule has 6 rings (SSSR count). The first-order valence-electron chi connectivity index (χ1n) is 11.5. The molecule has 3 aliphatic rings. The minimum Gasteiger partial charge on any atom is -0.378 e. The quantitative estimate of drug-likeness (QED) is 0.682. The van der Waals surface area contributed by atoms with Crippen molar-refractivity contribution >= 4 is 16.9 Å². The number of benzene rings is 1. The van der Waals surface area contributed by atoms with Gasteiger partial charge in [-0.1, -0.05) is 18.2 Å². The standard InChI is InChI=1S/C24H29N5O2/c30-22-19-4-6-24(21(19)26-23(27-22)29-12-14-31-15-13-29)7-10-28(11-8-24)16-18-3-1-2-17-5-9-25-20(17)18/h1-3,5,9,25H,4,6-8,10-16H2,(H,26,27,30). The summed E-state index contributed by atoms with van der Waals surface area (Å²) in [7, 11) is 0. The Balaban J connectivity index is 1.22. The second-order valence-corrected chi connectivity index (χ2v) is 9.23. The van der Waals surface area contributed by atoms with Crippen LogP contribution in [0.3, 0.4) is 0 Å². The molecule has 162 valence electrons. The number of ether oxygens (including phenoxy) is 1. The zero-order valence-electron chi connectivity index (χ0n) is 17.8. The van der Waals surface area contributed by atoms with Gasteiger partial charge in [0.2, 0.25) is 5.95 Å². The summed E-state index contributed by atoms with van der Waals surface area (Å²) in [4.78, 5) is 29.0. The highest BCUT2D eigenvalue weighted by atomic mass is 16.5. The third kappa shape index (κ3) is 3.27. The van der Waals surface area contributed by atoms with E-state index in [1.165, 1.54) is 16.5 Å². The van der Waals surface area contributed by atoms with E-state index in [1.807, 2.05) is 6.20 Å². The van der Waals surface area contributed by atoms with E-state index in [2.05, 4.69) is 44.0 Å². The lowest BCUT2D eigenvalue weighted by atomic mass is 9.76. The molecule has 0 saturated carbocycles. The van der Waals surface area contributed by atoms with E-state index in [-0.39, 0.29) is 11.0 Å². The number of likely N-dealkylation sites (tertiary alicyclic amines) is 1. The number of rotatable bonds is 3. The van der Waals surface area contributed by atoms with Crippen molar-refractivity contribution in [3.8, 4) is 0 Å². The molecule has 1 aliphatic carbocycles. The molecule has 7 heteroatoms. The van der Waals surface area contributed by atoms with Crippen molar-refractivity contribution in [2.24, 2.45) is 0 Å². The van der Waals surface area contributed by atoms with Gasteiger partial charge in [0, 0.05) is 42.3 Å². The van der Waals surface area contributed by atoms with E-state index in [0.29, 0.717) is 13.2 Å². The lowest BCUT2D eigenvalue weighted by Gasteiger charge is -2.39. The number of nitrogens with one attached hydrogen (secondary N) is 2. The molecule has 0 radical (unpaired) electrons. The maximum Gasteiger partial charge on any atom is 0.255 e. The molecule has 0 atom stereocenters. The van der Waals surface area contributed by atoms with Crippen LogP contribution in [-0.2, 0) is 23.1 Å². The monoisotopic (exact) mass is 419 g/mol. The molecular weight excluding hydrogens is 390 g/mol. The van der Waals surface area contributed by atoms with E-state index in [9.17, 15) is 4.79 Å². The Morgan fingerprint density at radius 1 is 1.06 bits per heavy atom. The minimum absolute atomic E-state index is 0.0551. The van der Waals surface area contributed by atoms with Crippen LogP contribution in [0.2, 0.25) is 0 Å². The molecule has 2 N–H and O–H groups in total. The van der Waals surface area contributed by atoms with Crippen LogP contribution in [-0.4, -0.2) is 59.2 Å². The zero-order chi connectivity index (χ0) is 20.8. The van der Waals surface area contributed by atoms with Crippen molar-refractivity contribution in [1.82, 2.24) is 19.9 Å². The maximum absolute atomic E-state index is 12.8. The van der Waals surface area contributed by atoms with E-state index in [4.69, 9.17) is 9.72 Å². The Hall–Kier alpha value is -2.64. The second kappa shape index (κ2) is 7.50. The highest BCUT2D eigenvalue weighted by molar-refractivity contribution is 5.82. The second-order valence-electron chi connectivity index (χ2n) is 9.23. The summed E-state index contributed by atoms with van der Waals surface area (Å²) >= 11 is 0. The molecular formula is C24H29N5O2. The summed E-state index contributed by atoms with van der Waals surface area (Å²) in [5, 5.41) is 1.27. The fourth-order valence-corrected chi connectivity index (χ4v) is 5.71. The number of anilines is 1. The van der Waals surface area contributed by atoms with Crippen LogP contribution in [0, 0.1) is 0 Å². The van der Waals surface area contributed by atoms with Gasteiger partial charge in [0.1, 0.15) is 0 Å². The summed E-state index contributed by atoms with van der Waals surface area (Å²) in [6.07, 6.45) is 6.05. The first-order valence-corrected chi connectivity index (χ1v) is 11.5. The fraction of sp³-hybridized carbons (Fsp3) is 0.500. The molecule has 2 fully saturated rings. The van der Waals surface area contributed by atoms with Crippen LogP contribution in [0.5, 0.6) is 0 Å². The van der Waals surface area contributed by atoms with Crippen LogP contribution in [0.15, 0.2) is 35.3 Å². The SMILES string of the molecule is O=c1[nH]c(N2CCOCC2)nc2c1CCC21CCN(Cc2cccc3cc[nH]c23)CC1. The van der Waals surface area contributed by atoms with Crippen molar-refractivity contribution in [2.75, 3.05) is 44.3 Å². The number of aromatic amines is 2. The van der Waals surface area contributed by atoms with Crippen LogP contribution in [0.1, 0.15) is 36.1 Å². The van der Waals surface area contributed by atoms with Gasteiger partial charge < -0.3 is 14.6 Å². The fourth-order valence-electron chi connectivity index (χ4n) is 5.71. The lowest BCUT2D eigenvalue weighted by molar-refractivity contribution is 0.122. The van der Waals surface area contributed by atoms with E-state index in [0.717, 1.165) is 75.6 Å². The van der Waals surface area contributed by atoms with E-state index in [1.54, 1.807) is 0 Å². The van der Waals surface area contributed by atoms with E-state index >= 15 is 0 Å². The number of fused-ring (bicyclic) bond motifs is 3. The smallest absolute Gasteiger partial charge is 0.255 e. The number of piperidine rings is 1. The van der Waals surface area contributed by atoms with Crippen molar-refractivity contribution in [3.63, 3.8) is 0 Å². The number of hydrogen-bond donors (Lipinski definition) is 2. The topological polar surface area (TPSA) is 77.2 Å². The summed E-state index contributed by atoms with van der Waals surface area (Å²) < 4.78 is 5.47. The number of para-hydroxylation sites is 1. The highest BCUT2D eigenvalue weighted by Gasteiger charge is 2.44. The molecule has 2 aromatic heterocycles. The predicted octanol–water partition coefficient (Wildman–Crippen LogP) is 2.57. The molecule has 0 bridgehead atoms.